The summed E-state index contributed by atoms with van der Waals surface area (Å²) in [6.07, 6.45) is 57.6. The summed E-state index contributed by atoms with van der Waals surface area (Å²) >= 11 is 8.89. The number of anilines is 10. The van der Waals surface area contributed by atoms with Crippen molar-refractivity contribution in [3.05, 3.63) is 214 Å². The molecular formula is C80H77N37S6. The molecule has 0 bridgehead atoms. The van der Waals surface area contributed by atoms with Gasteiger partial charge in [-0.05, 0) is 145 Å². The molecule has 21 aromatic heterocycles. The molecule has 2 aliphatic heterocycles. The molecule has 24 rings (SSSR count). The molecule has 618 valence electrons. The van der Waals surface area contributed by atoms with E-state index in [0.29, 0.717) is 29.4 Å². The second kappa shape index (κ2) is 34.4. The van der Waals surface area contributed by atoms with Crippen molar-refractivity contribution in [3.63, 3.8) is 0 Å². The van der Waals surface area contributed by atoms with Gasteiger partial charge in [-0.25, -0.2) is 49.8 Å². The maximum atomic E-state index is 4.66. The molecule has 3 fully saturated rings. The molecular weight excluding hydrogens is 1670 g/mol. The number of fused-ring (bicyclic) bond motifs is 6. The van der Waals surface area contributed by atoms with E-state index in [2.05, 4.69) is 153 Å². The first-order valence-corrected chi connectivity index (χ1v) is 44.1. The quantitative estimate of drug-likeness (QED) is 0.0419. The first kappa shape index (κ1) is 77.8. The van der Waals surface area contributed by atoms with Crippen molar-refractivity contribution >= 4 is 162 Å². The zero-order valence-corrected chi connectivity index (χ0v) is 71.5. The Morgan fingerprint density at radius 2 is 0.756 bits per heavy atom. The van der Waals surface area contributed by atoms with Crippen molar-refractivity contribution in [1.29, 1.82) is 0 Å². The van der Waals surface area contributed by atoms with E-state index < -0.39 is 0 Å². The Kier molecular flexibility index (Phi) is 21.7. The predicted octanol–water partition coefficient (Wildman–Crippen LogP) is 14.7. The molecule has 37 nitrogen and oxygen atoms in total. The molecule has 1 saturated carbocycles. The third-order valence-electron chi connectivity index (χ3n) is 21.0. The van der Waals surface area contributed by atoms with Gasteiger partial charge >= 0.3 is 0 Å². The highest BCUT2D eigenvalue weighted by molar-refractivity contribution is 7.21. The van der Waals surface area contributed by atoms with E-state index >= 15 is 0 Å². The van der Waals surface area contributed by atoms with Gasteiger partial charge < -0.3 is 37.2 Å². The summed E-state index contributed by atoms with van der Waals surface area (Å²) in [6.45, 7) is 4.23. The molecule has 0 amide bonds. The highest BCUT2D eigenvalue weighted by Gasteiger charge is 2.28. The molecule has 43 heteroatoms. The molecule has 3 aliphatic rings. The Hall–Kier alpha value is -13.8. The number of hydrogen-bond donors (Lipinski definition) is 7. The maximum absolute atomic E-state index is 4.66. The third-order valence-corrected chi connectivity index (χ3v) is 25.6. The number of piperidine rings is 2. The van der Waals surface area contributed by atoms with Gasteiger partial charge in [-0.1, -0.05) is 0 Å². The van der Waals surface area contributed by atoms with Crippen molar-refractivity contribution < 1.29 is 0 Å². The molecule has 23 heterocycles. The second-order valence-electron chi connectivity index (χ2n) is 29.4. The molecule has 1 aliphatic carbocycles. The fourth-order valence-corrected chi connectivity index (χ4v) is 19.2. The van der Waals surface area contributed by atoms with Crippen LogP contribution in [0.5, 0.6) is 0 Å². The van der Waals surface area contributed by atoms with Crippen LogP contribution < -0.4 is 37.2 Å². The van der Waals surface area contributed by atoms with Gasteiger partial charge in [0.05, 0.1) is 102 Å². The number of aromatic nitrogens is 30. The van der Waals surface area contributed by atoms with Gasteiger partial charge in [-0.3, -0.25) is 45.4 Å². The fraction of sp³-hybridized carbons (Fsp3) is 0.225. The SMILES string of the molecule is Cn1cc(-c2cnc3c(Nc4cc(C5CC5)ns4)nccn23)cn1.Cn1cc(-c2cnc3c(Nc4cc(C5CCNCC5)ns4)nccn23)cn1.Cn1cc(-c2cnc3c(Nc4ccns4)nccn23)cn1.Cn1cc(-c2cnc3c(Nc4snc5sccc45)nccn23)cn1.Cn1cc(-c2cnc3c(Nc4sncc4C4CCCNC4)nccn23)cn1. The molecule has 1 atom stereocenters. The van der Waals surface area contributed by atoms with Crippen LogP contribution in [0.1, 0.15) is 73.2 Å². The summed E-state index contributed by atoms with van der Waals surface area (Å²) in [5, 5.41) is 53.0. The van der Waals surface area contributed by atoms with E-state index in [4.69, 9.17) is 0 Å². The van der Waals surface area contributed by atoms with Crippen LogP contribution in [-0.4, -0.2) is 169 Å². The lowest BCUT2D eigenvalue weighted by Crippen LogP contribution is -2.28. The van der Waals surface area contributed by atoms with Gasteiger partial charge in [0, 0.05) is 204 Å². The van der Waals surface area contributed by atoms with Crippen LogP contribution >= 0.6 is 69.0 Å². The Balaban J connectivity index is 0.0000000978. The van der Waals surface area contributed by atoms with Crippen molar-refractivity contribution in [3.8, 4) is 56.3 Å². The summed E-state index contributed by atoms with van der Waals surface area (Å²) in [4.78, 5) is 46.0. The van der Waals surface area contributed by atoms with E-state index in [9.17, 15) is 0 Å². The highest BCUT2D eigenvalue weighted by Crippen LogP contribution is 2.43. The molecule has 21 aromatic rings. The summed E-state index contributed by atoms with van der Waals surface area (Å²) in [6, 6.07) is 8.24. The highest BCUT2D eigenvalue weighted by atomic mass is 32.1. The van der Waals surface area contributed by atoms with Crippen LogP contribution in [0.2, 0.25) is 0 Å². The fourth-order valence-electron chi connectivity index (χ4n) is 14.8. The lowest BCUT2D eigenvalue weighted by Gasteiger charge is -2.22. The molecule has 0 spiro atoms. The zero-order valence-electron chi connectivity index (χ0n) is 66.6. The number of nitrogens with zero attached hydrogens (tertiary/aromatic N) is 30. The maximum Gasteiger partial charge on any atom is 0.180 e. The van der Waals surface area contributed by atoms with Crippen LogP contribution in [0.4, 0.5) is 54.1 Å². The van der Waals surface area contributed by atoms with Crippen molar-refractivity contribution in [2.24, 2.45) is 35.2 Å². The van der Waals surface area contributed by atoms with Gasteiger partial charge in [0.15, 0.2) is 57.3 Å². The summed E-state index contributed by atoms with van der Waals surface area (Å²) < 4.78 is 41.1. The third kappa shape index (κ3) is 16.6. The van der Waals surface area contributed by atoms with Gasteiger partial charge in [0.1, 0.15) is 29.8 Å². The lowest BCUT2D eigenvalue weighted by atomic mass is 9.94. The van der Waals surface area contributed by atoms with E-state index in [1.54, 1.807) is 71.9 Å². The second-order valence-corrected chi connectivity index (χ2v) is 34.3. The number of imidazole rings is 5. The van der Waals surface area contributed by atoms with Gasteiger partial charge in [-0.2, -0.15) is 47.4 Å². The van der Waals surface area contributed by atoms with Crippen molar-refractivity contribution in [2.45, 2.75) is 56.3 Å². The van der Waals surface area contributed by atoms with Crippen LogP contribution in [0.3, 0.4) is 0 Å². The van der Waals surface area contributed by atoms with Crippen molar-refractivity contribution in [2.75, 3.05) is 52.8 Å². The van der Waals surface area contributed by atoms with Gasteiger partial charge in [0.2, 0.25) is 0 Å². The van der Waals surface area contributed by atoms with E-state index in [0.717, 1.165) is 176 Å². The predicted molar refractivity (Wildman–Crippen MR) is 480 cm³/mol. The topological polar surface area (TPSA) is 389 Å². The minimum atomic E-state index is 0.491. The average molecular weight is 1750 g/mol. The molecule has 123 heavy (non-hydrogen) atoms. The van der Waals surface area contributed by atoms with Crippen molar-refractivity contribution in [1.82, 2.24) is 153 Å². The van der Waals surface area contributed by atoms with Crippen LogP contribution in [0, 0.1) is 0 Å². The molecule has 0 radical (unpaired) electrons. The minimum absolute atomic E-state index is 0.491. The summed E-state index contributed by atoms with van der Waals surface area (Å²) in [7, 11) is 9.52. The number of thiophene rings is 1. The summed E-state index contributed by atoms with van der Waals surface area (Å²) in [5.74, 6) is 5.31. The smallest absolute Gasteiger partial charge is 0.180 e. The lowest BCUT2D eigenvalue weighted by molar-refractivity contribution is 0.455. The Bertz CT molecular complexity index is 7190. The molecule has 7 N–H and O–H groups in total. The molecule has 2 saturated heterocycles. The Morgan fingerprint density at radius 3 is 1.14 bits per heavy atom. The summed E-state index contributed by atoms with van der Waals surface area (Å²) in [5.41, 5.74) is 17.6. The number of aryl methyl sites for hydroxylation is 5. The van der Waals surface area contributed by atoms with Gasteiger partial charge in [0.25, 0.3) is 0 Å². The first-order chi connectivity index (χ1) is 60.4. The first-order valence-electron chi connectivity index (χ1n) is 39.4. The standard InChI is InChI=1S/2C18H20N8S.C16H15N7S.C15H11N7S2.C13H11N7S/c1-25-11-13(9-22-25)15-10-21-18-17(20-6-7-26(15)18)23-16-8-14(24-27-16)12-2-4-19-5-3-12;1-25-11-13(8-22-25)15-10-21-17-16(20-5-6-26(15)17)24-18-14(9-23-27-18)12-3-2-4-19-7-12;1-22-9-11(7-19-22)13-8-18-16-15(17-4-5-23(13)16)20-14-6-12(21-24-14)10-2-3-10;1-21-8-9(6-18-21)11-7-17-13-12(16-3-4-22(11)13)19-14-10-2-5-23-15(10)20-24-14;1-19-8-9(6-16-19)10-7-15-13-12(14-4-5-20(10)13)18-11-2-3-17-21-11/h6-12,19H,2-5H2,1H3,(H,20,23);5-6,8-12,19H,2-4,7H2,1H3,(H,20,24);4-10H,2-3H2,1H3,(H,17,20);2-8H,1H3,(H,16,19);2-8H,1H3,(H,14,18). The Labute approximate surface area is 724 Å². The molecule has 1 unspecified atom stereocenters. The number of nitrogens with one attached hydrogen (secondary N) is 7. The minimum Gasteiger partial charge on any atom is -0.328 e. The normalized spacial score (nSPS) is 14.2. The van der Waals surface area contributed by atoms with E-state index in [-0.39, 0.29) is 0 Å². The molecule has 0 aromatic carbocycles. The monoisotopic (exact) mass is 1750 g/mol. The zero-order chi connectivity index (χ0) is 82.9. The number of hydrogen-bond acceptors (Lipinski definition) is 33. The Morgan fingerprint density at radius 1 is 0.350 bits per heavy atom. The van der Waals surface area contributed by atoms with Gasteiger partial charge in [-0.15, -0.1) is 11.3 Å². The average Bonchev–Trinajstić information content (AvgIpc) is 1.66. The van der Waals surface area contributed by atoms with Crippen LogP contribution in [0.25, 0.3) is 94.7 Å². The van der Waals surface area contributed by atoms with E-state index in [1.807, 2.05) is 199 Å². The van der Waals surface area contributed by atoms with Crippen LogP contribution in [-0.2, 0) is 35.2 Å². The van der Waals surface area contributed by atoms with E-state index in [1.165, 1.54) is 100 Å². The van der Waals surface area contributed by atoms with Crippen LogP contribution in [0.15, 0.2) is 197 Å². The number of rotatable bonds is 18. The largest absolute Gasteiger partial charge is 0.328 e.